The van der Waals surface area contributed by atoms with Crippen molar-refractivity contribution >= 4 is 33.9 Å². The number of benzene rings is 1. The molecule has 4 nitrogen and oxygen atoms in total. The smallest absolute Gasteiger partial charge is 0.137 e. The van der Waals surface area contributed by atoms with E-state index in [1.54, 1.807) is 0 Å². The molecule has 0 fully saturated rings. The quantitative estimate of drug-likeness (QED) is 0.415. The minimum atomic E-state index is -0.132. The Hall–Kier alpha value is -2.15. The van der Waals surface area contributed by atoms with Gasteiger partial charge in [-0.25, -0.2) is 4.98 Å². The van der Waals surface area contributed by atoms with Gasteiger partial charge in [0.25, 0.3) is 0 Å². The molecule has 110 valence electrons. The van der Waals surface area contributed by atoms with Crippen molar-refractivity contribution in [1.82, 2.24) is 9.38 Å². The number of halogens is 1. The lowest BCUT2D eigenvalue weighted by Gasteiger charge is -2.07. The van der Waals surface area contributed by atoms with Gasteiger partial charge in [-0.1, -0.05) is 19.1 Å². The molecule has 0 unspecified atom stereocenters. The summed E-state index contributed by atoms with van der Waals surface area (Å²) in [5, 5.41) is 19.0. The van der Waals surface area contributed by atoms with Crippen LogP contribution in [0.2, 0.25) is 0 Å². The largest absolute Gasteiger partial charge is 0.876 e. The van der Waals surface area contributed by atoms with E-state index in [1.165, 1.54) is 16.6 Å². The third-order valence-electron chi connectivity index (χ3n) is 3.29. The lowest BCUT2D eigenvalue weighted by molar-refractivity contribution is -0.301. The molecule has 1 aromatic carbocycles. The van der Waals surface area contributed by atoms with E-state index in [0.717, 1.165) is 16.9 Å². The molecule has 0 atom stereocenters. The fraction of sp³-hybridized carbons (Fsp3) is 0.0588. The van der Waals surface area contributed by atoms with Crippen LogP contribution in [0.15, 0.2) is 60.6 Å². The van der Waals surface area contributed by atoms with Crippen LogP contribution in [0.3, 0.4) is 0 Å². The first-order valence-electron chi connectivity index (χ1n) is 6.72. The molecule has 22 heavy (non-hydrogen) atoms. The van der Waals surface area contributed by atoms with Crippen LogP contribution in [-0.2, 0) is 0 Å². The second kappa shape index (κ2) is 5.92. The second-order valence-electron chi connectivity index (χ2n) is 4.97. The molecule has 2 aromatic heterocycles. The van der Waals surface area contributed by atoms with Gasteiger partial charge in [-0.3, -0.25) is 4.40 Å². The van der Waals surface area contributed by atoms with E-state index >= 15 is 0 Å². The van der Waals surface area contributed by atoms with Crippen LogP contribution >= 0.6 is 22.6 Å². The number of allylic oxidation sites excluding steroid dienone is 2. The predicted octanol–water partition coefficient (Wildman–Crippen LogP) is 3.24. The Labute approximate surface area is 141 Å². The van der Waals surface area contributed by atoms with E-state index in [-0.39, 0.29) is 11.5 Å². The van der Waals surface area contributed by atoms with Crippen molar-refractivity contribution in [1.29, 1.82) is 5.41 Å². The van der Waals surface area contributed by atoms with Crippen LogP contribution < -0.4 is 5.11 Å². The molecule has 0 spiro atoms. The van der Waals surface area contributed by atoms with Gasteiger partial charge in [-0.05, 0) is 52.9 Å². The van der Waals surface area contributed by atoms with E-state index in [1.807, 2.05) is 47.1 Å². The number of nitrogens with one attached hydrogen (secondary N) is 1. The highest BCUT2D eigenvalue weighted by atomic mass is 127. The minimum Gasteiger partial charge on any atom is -0.876 e. The first-order valence-corrected chi connectivity index (χ1v) is 7.80. The van der Waals surface area contributed by atoms with Crippen LogP contribution in [0.4, 0.5) is 0 Å². The van der Waals surface area contributed by atoms with Gasteiger partial charge in [0, 0.05) is 20.9 Å². The Morgan fingerprint density at radius 1 is 1.32 bits per heavy atom. The molecule has 0 radical (unpaired) electrons. The highest BCUT2D eigenvalue weighted by molar-refractivity contribution is 14.1. The first kappa shape index (κ1) is 14.8. The number of pyridine rings is 1. The summed E-state index contributed by atoms with van der Waals surface area (Å²) in [7, 11) is 0. The van der Waals surface area contributed by atoms with Gasteiger partial charge in [-0.2, -0.15) is 0 Å². The molecule has 2 heterocycles. The van der Waals surface area contributed by atoms with Gasteiger partial charge < -0.3 is 10.5 Å². The molecule has 0 aliphatic heterocycles. The van der Waals surface area contributed by atoms with Gasteiger partial charge in [0.1, 0.15) is 5.65 Å². The van der Waals surface area contributed by atoms with Crippen LogP contribution in [-0.4, -0.2) is 15.1 Å². The highest BCUT2D eigenvalue weighted by Gasteiger charge is 2.08. The lowest BCUT2D eigenvalue weighted by atomic mass is 10.1. The molecule has 0 aliphatic rings. The number of rotatable bonds is 3. The number of imidazole rings is 1. The molecule has 0 aliphatic carbocycles. The average Bonchev–Trinajstić information content (AvgIpc) is 2.89. The molecule has 3 aromatic rings. The fourth-order valence-corrected chi connectivity index (χ4v) is 2.84. The van der Waals surface area contributed by atoms with Gasteiger partial charge in [0.2, 0.25) is 0 Å². The zero-order valence-electron chi connectivity index (χ0n) is 11.9. The molecule has 0 amide bonds. The first-order chi connectivity index (χ1) is 10.5. The van der Waals surface area contributed by atoms with Gasteiger partial charge in [0.15, 0.2) is 0 Å². The number of fused-ring (bicyclic) bond motifs is 1. The Bertz CT molecular complexity index is 892. The van der Waals surface area contributed by atoms with Crippen LogP contribution in [0, 0.1) is 8.98 Å². The third kappa shape index (κ3) is 2.89. The van der Waals surface area contributed by atoms with Crippen molar-refractivity contribution in [2.45, 2.75) is 6.92 Å². The molecule has 1 N–H and O–H groups in total. The molecule has 0 saturated heterocycles. The lowest BCUT2D eigenvalue weighted by Crippen LogP contribution is -2.04. The van der Waals surface area contributed by atoms with Gasteiger partial charge >= 0.3 is 0 Å². The molecule has 0 bridgehead atoms. The van der Waals surface area contributed by atoms with Crippen molar-refractivity contribution < 1.29 is 5.11 Å². The standard InChI is InChI=1S/C17H14IN3O/c1-11(22)7-15(19)12-5-6-21-16(10-20-17(21)9-12)13-3-2-4-14(18)8-13/h2-10,19,22H,1H3/p-1/b11-7-,19-15?. The number of nitrogens with zero attached hydrogens (tertiary/aromatic N) is 2. The molecule has 3 rings (SSSR count). The maximum atomic E-state index is 11.1. The summed E-state index contributed by atoms with van der Waals surface area (Å²) >= 11 is 2.29. The predicted molar refractivity (Wildman–Crippen MR) is 93.9 cm³/mol. The van der Waals surface area contributed by atoms with E-state index in [9.17, 15) is 5.11 Å². The normalized spacial score (nSPS) is 11.8. The third-order valence-corrected chi connectivity index (χ3v) is 3.96. The van der Waals surface area contributed by atoms with Crippen molar-refractivity contribution in [3.63, 3.8) is 0 Å². The summed E-state index contributed by atoms with van der Waals surface area (Å²) in [5.41, 5.74) is 3.74. The highest BCUT2D eigenvalue weighted by Crippen LogP contribution is 2.23. The monoisotopic (exact) mass is 402 g/mol. The van der Waals surface area contributed by atoms with Crippen molar-refractivity contribution in [2.75, 3.05) is 0 Å². The zero-order chi connectivity index (χ0) is 15.7. The van der Waals surface area contributed by atoms with E-state index in [0.29, 0.717) is 5.56 Å². The Kier molecular flexibility index (Phi) is 3.98. The summed E-state index contributed by atoms with van der Waals surface area (Å²) in [5.74, 6) is -0.132. The Morgan fingerprint density at radius 2 is 2.14 bits per heavy atom. The zero-order valence-corrected chi connectivity index (χ0v) is 14.0. The Balaban J connectivity index is 2.07. The summed E-state index contributed by atoms with van der Waals surface area (Å²) < 4.78 is 3.15. The van der Waals surface area contributed by atoms with Gasteiger partial charge in [0.05, 0.1) is 17.6 Å². The molecule has 5 heteroatoms. The summed E-state index contributed by atoms with van der Waals surface area (Å²) in [6.45, 7) is 1.44. The van der Waals surface area contributed by atoms with Gasteiger partial charge in [-0.15, -0.1) is 5.76 Å². The Morgan fingerprint density at radius 3 is 2.86 bits per heavy atom. The molecule has 0 saturated carbocycles. The SMILES string of the molecule is C/C([O-])=C/C(=N)c1ccn2c(-c3cccc(I)c3)cnc2c1. The topological polar surface area (TPSA) is 64.2 Å². The summed E-state index contributed by atoms with van der Waals surface area (Å²) in [4.78, 5) is 4.41. The van der Waals surface area contributed by atoms with E-state index in [4.69, 9.17) is 5.41 Å². The van der Waals surface area contributed by atoms with Crippen LogP contribution in [0.1, 0.15) is 12.5 Å². The number of hydrogen-bond donors (Lipinski definition) is 1. The molecular formula is C17H13IN3O-. The number of hydrogen-bond acceptors (Lipinski definition) is 3. The van der Waals surface area contributed by atoms with E-state index < -0.39 is 0 Å². The van der Waals surface area contributed by atoms with E-state index in [2.05, 4.69) is 33.6 Å². The van der Waals surface area contributed by atoms with Crippen LogP contribution in [0.5, 0.6) is 0 Å². The summed E-state index contributed by atoms with van der Waals surface area (Å²) in [6.07, 6.45) is 5.02. The van der Waals surface area contributed by atoms with Crippen molar-refractivity contribution in [2.24, 2.45) is 0 Å². The minimum absolute atomic E-state index is 0.132. The fourth-order valence-electron chi connectivity index (χ4n) is 2.30. The van der Waals surface area contributed by atoms with Crippen LogP contribution in [0.25, 0.3) is 16.9 Å². The maximum absolute atomic E-state index is 11.1. The molecular weight excluding hydrogens is 389 g/mol. The average molecular weight is 402 g/mol. The number of aromatic nitrogens is 2. The second-order valence-corrected chi connectivity index (χ2v) is 6.21. The maximum Gasteiger partial charge on any atom is 0.137 e. The van der Waals surface area contributed by atoms with Crippen molar-refractivity contribution in [3.8, 4) is 11.3 Å². The summed E-state index contributed by atoms with van der Waals surface area (Å²) in [6, 6.07) is 11.9. The van der Waals surface area contributed by atoms with Crippen molar-refractivity contribution in [3.05, 3.63) is 69.8 Å².